The highest BCUT2D eigenvalue weighted by Crippen LogP contribution is 2.17. The van der Waals surface area contributed by atoms with Crippen LogP contribution in [0.3, 0.4) is 0 Å². The van der Waals surface area contributed by atoms with E-state index in [1.54, 1.807) is 6.07 Å². The fourth-order valence-corrected chi connectivity index (χ4v) is 2.66. The van der Waals surface area contributed by atoms with Gasteiger partial charge in [0.05, 0.1) is 26.4 Å². The predicted molar refractivity (Wildman–Crippen MR) is 101 cm³/mol. The molecule has 0 bridgehead atoms. The van der Waals surface area contributed by atoms with Crippen molar-refractivity contribution in [1.82, 2.24) is 15.3 Å². The van der Waals surface area contributed by atoms with Crippen molar-refractivity contribution in [2.24, 2.45) is 0 Å². The number of anilines is 1. The Morgan fingerprint density at radius 2 is 1.85 bits per heavy atom. The molecule has 1 N–H and O–H groups in total. The Kier molecular flexibility index (Phi) is 6.81. The predicted octanol–water partition coefficient (Wildman–Crippen LogP) is 1.52. The second kappa shape index (κ2) is 9.72. The molecule has 0 atom stereocenters. The summed E-state index contributed by atoms with van der Waals surface area (Å²) in [4.78, 5) is 22.7. The van der Waals surface area contributed by atoms with Gasteiger partial charge in [-0.1, -0.05) is 0 Å². The number of benzene rings is 1. The fourth-order valence-electron chi connectivity index (χ4n) is 2.66. The van der Waals surface area contributed by atoms with Crippen LogP contribution < -0.4 is 19.7 Å². The molecule has 0 unspecified atom stereocenters. The lowest BCUT2D eigenvalue weighted by atomic mass is 10.3. The third-order valence-corrected chi connectivity index (χ3v) is 4.01. The van der Waals surface area contributed by atoms with E-state index in [2.05, 4.69) is 20.2 Å². The minimum atomic E-state index is -0.248. The zero-order valence-corrected chi connectivity index (χ0v) is 15.4. The molecular formula is C19H24N4O4. The number of ether oxygens (including phenoxy) is 3. The normalized spacial score (nSPS) is 13.9. The highest BCUT2D eigenvalue weighted by atomic mass is 16.5. The maximum absolute atomic E-state index is 12.3. The van der Waals surface area contributed by atoms with E-state index in [-0.39, 0.29) is 5.91 Å². The number of hydrogen-bond acceptors (Lipinski definition) is 7. The van der Waals surface area contributed by atoms with Crippen LogP contribution in [0.5, 0.6) is 11.5 Å². The van der Waals surface area contributed by atoms with Crippen LogP contribution in [0.1, 0.15) is 17.4 Å². The zero-order valence-electron chi connectivity index (χ0n) is 15.4. The number of nitrogens with one attached hydrogen (secondary N) is 1. The van der Waals surface area contributed by atoms with Gasteiger partial charge >= 0.3 is 0 Å². The molecule has 8 nitrogen and oxygen atoms in total. The lowest BCUT2D eigenvalue weighted by molar-refractivity contribution is 0.0942. The molecular weight excluding hydrogens is 348 g/mol. The van der Waals surface area contributed by atoms with Crippen molar-refractivity contribution in [3.05, 3.63) is 42.4 Å². The summed E-state index contributed by atoms with van der Waals surface area (Å²) in [6.07, 6.45) is 1.41. The van der Waals surface area contributed by atoms with Gasteiger partial charge in [-0.25, -0.2) is 9.97 Å². The number of carbonyl (C=O) groups excluding carboxylic acids is 1. The third kappa shape index (κ3) is 5.55. The Balaban J connectivity index is 1.45. The molecule has 2 aromatic rings. The number of rotatable bonds is 8. The highest BCUT2D eigenvalue weighted by Gasteiger charge is 2.15. The van der Waals surface area contributed by atoms with Crippen molar-refractivity contribution in [1.29, 1.82) is 0 Å². The van der Waals surface area contributed by atoms with Gasteiger partial charge in [0.25, 0.3) is 5.91 Å². The lowest BCUT2D eigenvalue weighted by Crippen LogP contribution is -2.37. The summed E-state index contributed by atoms with van der Waals surface area (Å²) in [7, 11) is 0. The van der Waals surface area contributed by atoms with Crippen LogP contribution in [0.25, 0.3) is 0 Å². The Morgan fingerprint density at radius 1 is 1.15 bits per heavy atom. The highest BCUT2D eigenvalue weighted by molar-refractivity contribution is 5.92. The van der Waals surface area contributed by atoms with Crippen LogP contribution in [-0.4, -0.2) is 61.9 Å². The monoisotopic (exact) mass is 372 g/mol. The summed E-state index contributed by atoms with van der Waals surface area (Å²) in [5, 5.41) is 2.81. The molecule has 8 heteroatoms. The second-order valence-corrected chi connectivity index (χ2v) is 5.87. The van der Waals surface area contributed by atoms with E-state index < -0.39 is 0 Å². The molecule has 1 aliphatic heterocycles. The number of carbonyl (C=O) groups is 1. The van der Waals surface area contributed by atoms with Crippen molar-refractivity contribution in [2.75, 3.05) is 51.0 Å². The molecule has 1 amide bonds. The van der Waals surface area contributed by atoms with Crippen LogP contribution in [0, 0.1) is 0 Å². The van der Waals surface area contributed by atoms with Gasteiger partial charge in [-0.3, -0.25) is 4.79 Å². The molecule has 1 aromatic carbocycles. The topological polar surface area (TPSA) is 85.8 Å². The first-order valence-electron chi connectivity index (χ1n) is 9.05. The van der Waals surface area contributed by atoms with E-state index in [1.807, 2.05) is 31.2 Å². The van der Waals surface area contributed by atoms with Crippen molar-refractivity contribution < 1.29 is 19.0 Å². The Bertz CT molecular complexity index is 733. The number of hydrogen-bond donors (Lipinski definition) is 1. The molecule has 1 fully saturated rings. The zero-order chi connectivity index (χ0) is 18.9. The first-order chi connectivity index (χ1) is 13.3. The minimum Gasteiger partial charge on any atom is -0.494 e. The summed E-state index contributed by atoms with van der Waals surface area (Å²) in [5.41, 5.74) is 0.340. The molecule has 27 heavy (non-hydrogen) atoms. The first-order valence-corrected chi connectivity index (χ1v) is 9.05. The maximum atomic E-state index is 12.3. The quantitative estimate of drug-likeness (QED) is 0.703. The smallest absolute Gasteiger partial charge is 0.270 e. The first kappa shape index (κ1) is 18.9. The van der Waals surface area contributed by atoms with E-state index in [0.29, 0.717) is 38.7 Å². The molecule has 0 saturated carbocycles. The van der Waals surface area contributed by atoms with Crippen LogP contribution in [0.2, 0.25) is 0 Å². The molecule has 0 radical (unpaired) electrons. The number of morpholine rings is 1. The maximum Gasteiger partial charge on any atom is 0.270 e. The van der Waals surface area contributed by atoms with Crippen LogP contribution in [0.15, 0.2) is 36.7 Å². The second-order valence-electron chi connectivity index (χ2n) is 5.87. The van der Waals surface area contributed by atoms with Crippen molar-refractivity contribution in [2.45, 2.75) is 6.92 Å². The lowest BCUT2D eigenvalue weighted by Gasteiger charge is -2.27. The van der Waals surface area contributed by atoms with Gasteiger partial charge < -0.3 is 24.4 Å². The number of aromatic nitrogens is 2. The van der Waals surface area contributed by atoms with E-state index in [1.165, 1.54) is 6.33 Å². The Morgan fingerprint density at radius 3 is 2.56 bits per heavy atom. The SMILES string of the molecule is CCOc1ccc(OCCNC(=O)c2cc(N3CCOCC3)ncn2)cc1. The molecule has 0 spiro atoms. The molecule has 1 aromatic heterocycles. The summed E-state index contributed by atoms with van der Waals surface area (Å²) in [5.74, 6) is 2.02. The largest absolute Gasteiger partial charge is 0.494 e. The molecule has 1 aliphatic rings. The van der Waals surface area contributed by atoms with Gasteiger partial charge in [0, 0.05) is 19.2 Å². The van der Waals surface area contributed by atoms with E-state index >= 15 is 0 Å². The fraction of sp³-hybridized carbons (Fsp3) is 0.421. The summed E-state index contributed by atoms with van der Waals surface area (Å²) in [6.45, 7) is 6.14. The Labute approximate surface area is 158 Å². The van der Waals surface area contributed by atoms with Gasteiger partial charge in [-0.15, -0.1) is 0 Å². The third-order valence-electron chi connectivity index (χ3n) is 4.01. The Hall–Kier alpha value is -2.87. The summed E-state index contributed by atoms with van der Waals surface area (Å²) >= 11 is 0. The van der Waals surface area contributed by atoms with Crippen molar-refractivity contribution >= 4 is 11.7 Å². The summed E-state index contributed by atoms with van der Waals surface area (Å²) in [6, 6.07) is 9.09. The molecule has 144 valence electrons. The van der Waals surface area contributed by atoms with Crippen molar-refractivity contribution in [3.63, 3.8) is 0 Å². The molecule has 3 rings (SSSR count). The average Bonchev–Trinajstić information content (AvgIpc) is 2.73. The standard InChI is InChI=1S/C19H24N4O4/c1-2-26-15-3-5-16(6-4-15)27-10-7-20-19(24)17-13-18(22-14-21-17)23-8-11-25-12-9-23/h3-6,13-14H,2,7-12H2,1H3,(H,20,24). The van der Waals surface area contributed by atoms with Crippen LogP contribution in [0.4, 0.5) is 5.82 Å². The van der Waals surface area contributed by atoms with E-state index in [0.717, 1.165) is 30.4 Å². The minimum absolute atomic E-state index is 0.248. The molecule has 1 saturated heterocycles. The van der Waals surface area contributed by atoms with Gasteiger partial charge in [0.15, 0.2) is 0 Å². The average molecular weight is 372 g/mol. The van der Waals surface area contributed by atoms with Crippen LogP contribution in [-0.2, 0) is 4.74 Å². The van der Waals surface area contributed by atoms with Gasteiger partial charge in [0.2, 0.25) is 0 Å². The van der Waals surface area contributed by atoms with Gasteiger partial charge in [-0.05, 0) is 31.2 Å². The van der Waals surface area contributed by atoms with Gasteiger partial charge in [-0.2, -0.15) is 0 Å². The van der Waals surface area contributed by atoms with Crippen LogP contribution >= 0.6 is 0 Å². The number of amides is 1. The van der Waals surface area contributed by atoms with E-state index in [4.69, 9.17) is 14.2 Å². The van der Waals surface area contributed by atoms with Crippen molar-refractivity contribution in [3.8, 4) is 11.5 Å². The molecule has 2 heterocycles. The molecule has 0 aliphatic carbocycles. The van der Waals surface area contributed by atoms with Gasteiger partial charge in [0.1, 0.15) is 35.9 Å². The summed E-state index contributed by atoms with van der Waals surface area (Å²) < 4.78 is 16.3. The van der Waals surface area contributed by atoms with E-state index in [9.17, 15) is 4.79 Å². The number of nitrogens with zero attached hydrogens (tertiary/aromatic N) is 3.